The molecule has 6 nitrogen and oxygen atoms in total. The summed E-state index contributed by atoms with van der Waals surface area (Å²) in [7, 11) is 0. The molecule has 0 spiro atoms. The molecule has 0 fully saturated rings. The van der Waals surface area contributed by atoms with E-state index in [2.05, 4.69) is 5.16 Å². The highest BCUT2D eigenvalue weighted by Gasteiger charge is 2.14. The summed E-state index contributed by atoms with van der Waals surface area (Å²) in [6.45, 7) is 0.157. The quantitative estimate of drug-likeness (QED) is 0.307. The first-order valence-corrected chi connectivity index (χ1v) is 8.07. The van der Waals surface area contributed by atoms with E-state index in [0.29, 0.717) is 22.1 Å². The second-order valence-corrected chi connectivity index (χ2v) is 5.67. The van der Waals surface area contributed by atoms with Crippen molar-refractivity contribution in [2.24, 2.45) is 10.9 Å². The third kappa shape index (κ3) is 4.64. The number of nitrogens with two attached hydrogens (primary N) is 1. The lowest BCUT2D eigenvalue weighted by atomic mass is 10.2. The predicted octanol–water partition coefficient (Wildman–Crippen LogP) is 3.99. The highest BCUT2D eigenvalue weighted by atomic mass is 35.5. The Morgan fingerprint density at radius 2 is 1.77 bits per heavy atom. The Bertz CT molecular complexity index is 905. The van der Waals surface area contributed by atoms with Gasteiger partial charge in [-0.05, 0) is 36.4 Å². The number of furan rings is 1. The zero-order valence-corrected chi connectivity index (χ0v) is 14.3. The average Bonchev–Trinajstić information content (AvgIpc) is 3.15. The fraction of sp³-hybridized carbons (Fsp3) is 0.0526. The van der Waals surface area contributed by atoms with Crippen LogP contribution >= 0.6 is 11.6 Å². The van der Waals surface area contributed by atoms with E-state index >= 15 is 0 Å². The third-order valence-electron chi connectivity index (χ3n) is 3.35. The van der Waals surface area contributed by atoms with Crippen LogP contribution in [0.3, 0.4) is 0 Å². The van der Waals surface area contributed by atoms with Crippen LogP contribution in [0.4, 0.5) is 0 Å². The largest absolute Gasteiger partial charge is 0.486 e. The molecule has 2 aromatic carbocycles. The lowest BCUT2D eigenvalue weighted by molar-refractivity contribution is 0.0475. The number of halogens is 1. The molecule has 0 unspecified atom stereocenters. The molecule has 26 heavy (non-hydrogen) atoms. The number of benzene rings is 2. The molecule has 0 saturated carbocycles. The molecular weight excluding hydrogens is 356 g/mol. The van der Waals surface area contributed by atoms with E-state index < -0.39 is 5.97 Å². The average molecular weight is 371 g/mol. The molecule has 0 bridgehead atoms. The molecule has 0 radical (unpaired) electrons. The molecule has 0 atom stereocenters. The van der Waals surface area contributed by atoms with E-state index in [-0.39, 0.29) is 18.2 Å². The van der Waals surface area contributed by atoms with Gasteiger partial charge in [0.25, 0.3) is 0 Å². The number of nitrogens with zero attached hydrogens (tertiary/aromatic N) is 1. The Labute approximate surface area is 154 Å². The second-order valence-electron chi connectivity index (χ2n) is 5.23. The van der Waals surface area contributed by atoms with Crippen LogP contribution in [0.2, 0.25) is 5.02 Å². The maximum atomic E-state index is 12.0. The van der Waals surface area contributed by atoms with E-state index in [1.807, 2.05) is 6.07 Å². The lowest BCUT2D eigenvalue weighted by Gasteiger charge is -2.03. The molecule has 2 N–H and O–H groups in total. The van der Waals surface area contributed by atoms with Gasteiger partial charge in [0.15, 0.2) is 5.84 Å². The molecular formula is C19H15ClN2O4. The van der Waals surface area contributed by atoms with Crippen LogP contribution in [-0.2, 0) is 11.4 Å². The molecule has 1 aromatic heterocycles. The van der Waals surface area contributed by atoms with Crippen molar-refractivity contribution in [3.8, 4) is 5.75 Å². The summed E-state index contributed by atoms with van der Waals surface area (Å²) in [5, 5.41) is 4.24. The van der Waals surface area contributed by atoms with Crippen molar-refractivity contribution in [3.63, 3.8) is 0 Å². The van der Waals surface area contributed by atoms with Crippen molar-refractivity contribution < 1.29 is 18.8 Å². The second kappa shape index (κ2) is 8.22. The molecule has 0 aliphatic heterocycles. The van der Waals surface area contributed by atoms with E-state index in [1.165, 1.54) is 6.07 Å². The van der Waals surface area contributed by atoms with Crippen molar-refractivity contribution in [2.45, 2.75) is 6.61 Å². The summed E-state index contributed by atoms with van der Waals surface area (Å²) in [5.74, 6) is 0.449. The minimum Gasteiger partial charge on any atom is -0.486 e. The summed E-state index contributed by atoms with van der Waals surface area (Å²) < 4.78 is 10.9. The van der Waals surface area contributed by atoms with Crippen LogP contribution in [0.25, 0.3) is 0 Å². The molecule has 132 valence electrons. The van der Waals surface area contributed by atoms with Gasteiger partial charge >= 0.3 is 5.97 Å². The minimum atomic E-state index is -0.748. The van der Waals surface area contributed by atoms with Crippen LogP contribution < -0.4 is 10.5 Å². The summed E-state index contributed by atoms with van der Waals surface area (Å²) in [6, 6.07) is 19.0. The minimum absolute atomic E-state index is 0.00400. The fourth-order valence-electron chi connectivity index (χ4n) is 2.05. The zero-order chi connectivity index (χ0) is 18.4. The van der Waals surface area contributed by atoms with Gasteiger partial charge in [0.1, 0.15) is 18.1 Å². The monoisotopic (exact) mass is 370 g/mol. The lowest BCUT2D eigenvalue weighted by Crippen LogP contribution is -2.14. The number of carbonyl (C=O) groups excluding carboxylic acids is 1. The van der Waals surface area contributed by atoms with Gasteiger partial charge in [-0.1, -0.05) is 47.1 Å². The van der Waals surface area contributed by atoms with Crippen molar-refractivity contribution in [2.75, 3.05) is 0 Å². The first-order valence-electron chi connectivity index (χ1n) is 7.69. The molecule has 0 amide bonds. The van der Waals surface area contributed by atoms with E-state index in [0.717, 1.165) is 0 Å². The van der Waals surface area contributed by atoms with Crippen molar-refractivity contribution in [1.29, 1.82) is 0 Å². The Hall–Kier alpha value is -3.25. The van der Waals surface area contributed by atoms with E-state index in [9.17, 15) is 4.79 Å². The fourth-order valence-corrected chi connectivity index (χ4v) is 2.17. The van der Waals surface area contributed by atoms with Crippen LogP contribution in [0.1, 0.15) is 21.9 Å². The summed E-state index contributed by atoms with van der Waals surface area (Å²) in [5.41, 5.74) is 6.41. The number of hydrogen-bond donors (Lipinski definition) is 1. The molecule has 3 aromatic rings. The Morgan fingerprint density at radius 1 is 1.04 bits per heavy atom. The predicted molar refractivity (Wildman–Crippen MR) is 97.1 cm³/mol. The smallest absolute Gasteiger partial charge is 0.400 e. The first kappa shape index (κ1) is 17.6. The number of oxime groups is 1. The Balaban J connectivity index is 1.56. The van der Waals surface area contributed by atoms with Gasteiger partial charge in [-0.2, -0.15) is 0 Å². The molecule has 0 saturated heterocycles. The van der Waals surface area contributed by atoms with Crippen LogP contribution in [0.5, 0.6) is 5.75 Å². The summed E-state index contributed by atoms with van der Waals surface area (Å²) in [6.07, 6.45) is 0. The van der Waals surface area contributed by atoms with Gasteiger partial charge in [-0.15, -0.1) is 0 Å². The standard InChI is InChI=1S/C19H15ClN2O4/c20-14-6-8-15(9-7-14)24-12-16-10-11-17(25-16)19(23)26-22-18(21)13-4-2-1-3-5-13/h1-11H,12H2,(H2,21,22). The van der Waals surface area contributed by atoms with Crippen molar-refractivity contribution >= 4 is 23.4 Å². The van der Waals surface area contributed by atoms with Crippen LogP contribution in [0.15, 0.2) is 76.3 Å². The number of ether oxygens (including phenoxy) is 1. The van der Waals surface area contributed by atoms with Gasteiger partial charge in [-0.25, -0.2) is 4.79 Å². The Kier molecular flexibility index (Phi) is 5.56. The number of rotatable bonds is 6. The van der Waals surface area contributed by atoms with Gasteiger partial charge in [0, 0.05) is 10.6 Å². The van der Waals surface area contributed by atoms with Crippen LogP contribution in [-0.4, -0.2) is 11.8 Å². The molecule has 3 rings (SSSR count). The van der Waals surface area contributed by atoms with E-state index in [4.69, 9.17) is 31.3 Å². The Morgan fingerprint density at radius 3 is 2.50 bits per heavy atom. The zero-order valence-electron chi connectivity index (χ0n) is 13.6. The molecule has 1 heterocycles. The van der Waals surface area contributed by atoms with Crippen LogP contribution in [0, 0.1) is 0 Å². The molecule has 0 aliphatic rings. The van der Waals surface area contributed by atoms with Crippen molar-refractivity contribution in [3.05, 3.63) is 88.8 Å². The maximum Gasteiger partial charge on any atom is 0.400 e. The van der Waals surface area contributed by atoms with Crippen molar-refractivity contribution in [1.82, 2.24) is 0 Å². The summed E-state index contributed by atoms with van der Waals surface area (Å²) in [4.78, 5) is 16.8. The van der Waals surface area contributed by atoms with Gasteiger partial charge < -0.3 is 19.7 Å². The SMILES string of the molecule is N/C(=N\OC(=O)c1ccc(COc2ccc(Cl)cc2)o1)c1ccccc1. The number of amidine groups is 1. The summed E-state index contributed by atoms with van der Waals surface area (Å²) >= 11 is 5.81. The highest BCUT2D eigenvalue weighted by molar-refractivity contribution is 6.30. The third-order valence-corrected chi connectivity index (χ3v) is 3.61. The van der Waals surface area contributed by atoms with Gasteiger partial charge in [0.05, 0.1) is 0 Å². The van der Waals surface area contributed by atoms with E-state index in [1.54, 1.807) is 54.6 Å². The number of hydrogen-bond acceptors (Lipinski definition) is 5. The highest BCUT2D eigenvalue weighted by Crippen LogP contribution is 2.18. The molecule has 0 aliphatic carbocycles. The maximum absolute atomic E-state index is 12.0. The normalized spacial score (nSPS) is 11.2. The molecule has 7 heteroatoms. The number of carbonyl (C=O) groups is 1. The van der Waals surface area contributed by atoms with Gasteiger partial charge in [0.2, 0.25) is 5.76 Å². The van der Waals surface area contributed by atoms with Gasteiger partial charge in [-0.3, -0.25) is 0 Å². The first-order chi connectivity index (χ1) is 12.6. The topological polar surface area (TPSA) is 87.1 Å².